The molecule has 18 heavy (non-hydrogen) atoms. The Kier molecular flexibility index (Phi) is 5.67. The first-order valence-electron chi connectivity index (χ1n) is 7.84. The molecule has 0 saturated carbocycles. The molecule has 1 saturated heterocycles. The molecule has 1 aliphatic rings. The molecular weight excluding hydrogens is 220 g/mol. The molecule has 1 rings (SSSR count). The van der Waals surface area contributed by atoms with Crippen LogP contribution in [0.15, 0.2) is 0 Å². The van der Waals surface area contributed by atoms with E-state index in [2.05, 4.69) is 39.5 Å². The monoisotopic (exact) mass is 254 g/mol. The molecule has 0 aliphatic carbocycles. The average Bonchev–Trinajstić information content (AvgIpc) is 2.34. The van der Waals surface area contributed by atoms with Gasteiger partial charge in [-0.3, -0.25) is 4.90 Å². The highest BCUT2D eigenvalue weighted by Gasteiger charge is 2.39. The summed E-state index contributed by atoms with van der Waals surface area (Å²) in [5, 5.41) is 0. The van der Waals surface area contributed by atoms with E-state index in [4.69, 9.17) is 5.73 Å². The molecular formula is C16H34N2. The van der Waals surface area contributed by atoms with Crippen LogP contribution in [-0.4, -0.2) is 30.1 Å². The van der Waals surface area contributed by atoms with Gasteiger partial charge in [-0.2, -0.15) is 0 Å². The Labute approximate surface area is 114 Å². The zero-order valence-electron chi connectivity index (χ0n) is 13.3. The average molecular weight is 254 g/mol. The summed E-state index contributed by atoms with van der Waals surface area (Å²) < 4.78 is 0. The van der Waals surface area contributed by atoms with Crippen LogP contribution < -0.4 is 5.73 Å². The minimum atomic E-state index is 0.243. The van der Waals surface area contributed by atoms with Crippen molar-refractivity contribution in [2.24, 2.45) is 17.1 Å². The fourth-order valence-corrected chi connectivity index (χ4v) is 3.47. The van der Waals surface area contributed by atoms with Gasteiger partial charge in [-0.05, 0) is 43.6 Å². The highest BCUT2D eigenvalue weighted by atomic mass is 15.2. The van der Waals surface area contributed by atoms with Gasteiger partial charge in [0.25, 0.3) is 0 Å². The second-order valence-corrected chi connectivity index (χ2v) is 7.19. The maximum atomic E-state index is 6.20. The molecule has 0 aromatic carbocycles. The lowest BCUT2D eigenvalue weighted by Gasteiger charge is -2.50. The first-order valence-corrected chi connectivity index (χ1v) is 7.84. The summed E-state index contributed by atoms with van der Waals surface area (Å²) in [6.07, 6.45) is 6.39. The van der Waals surface area contributed by atoms with Gasteiger partial charge in [0.05, 0.1) is 0 Å². The second-order valence-electron chi connectivity index (χ2n) is 7.19. The van der Waals surface area contributed by atoms with E-state index in [9.17, 15) is 0 Å². The number of likely N-dealkylation sites (tertiary alicyclic amines) is 1. The SMILES string of the molecule is CCC(C)CC(CC)(CN)N1CCCC(C)(C)C1. The van der Waals surface area contributed by atoms with Crippen LogP contribution in [0.4, 0.5) is 0 Å². The summed E-state index contributed by atoms with van der Waals surface area (Å²) in [5.41, 5.74) is 6.90. The fourth-order valence-electron chi connectivity index (χ4n) is 3.47. The first-order chi connectivity index (χ1) is 8.39. The highest BCUT2D eigenvalue weighted by molar-refractivity contribution is 4.96. The predicted molar refractivity (Wildman–Crippen MR) is 80.7 cm³/mol. The Bertz CT molecular complexity index is 243. The van der Waals surface area contributed by atoms with Gasteiger partial charge in [-0.15, -0.1) is 0 Å². The molecule has 0 spiro atoms. The molecule has 0 radical (unpaired) electrons. The van der Waals surface area contributed by atoms with E-state index in [1.165, 1.54) is 45.2 Å². The van der Waals surface area contributed by atoms with Crippen LogP contribution in [0.2, 0.25) is 0 Å². The maximum absolute atomic E-state index is 6.20. The van der Waals surface area contributed by atoms with Gasteiger partial charge in [-0.1, -0.05) is 41.0 Å². The Morgan fingerprint density at radius 3 is 2.44 bits per heavy atom. The third-order valence-electron chi connectivity index (χ3n) is 5.03. The van der Waals surface area contributed by atoms with Crippen molar-refractivity contribution >= 4 is 0 Å². The maximum Gasteiger partial charge on any atom is 0.0331 e. The lowest BCUT2D eigenvalue weighted by molar-refractivity contribution is 0.00224. The molecule has 2 heteroatoms. The number of hydrogen-bond donors (Lipinski definition) is 1. The minimum Gasteiger partial charge on any atom is -0.329 e. The van der Waals surface area contributed by atoms with Crippen LogP contribution in [0.5, 0.6) is 0 Å². The number of piperidine rings is 1. The Balaban J connectivity index is 2.82. The van der Waals surface area contributed by atoms with Crippen molar-refractivity contribution in [3.05, 3.63) is 0 Å². The molecule has 0 amide bonds. The van der Waals surface area contributed by atoms with Crippen molar-refractivity contribution in [1.82, 2.24) is 4.90 Å². The number of rotatable bonds is 6. The van der Waals surface area contributed by atoms with Crippen LogP contribution in [-0.2, 0) is 0 Å². The third-order valence-corrected chi connectivity index (χ3v) is 5.03. The molecule has 2 nitrogen and oxygen atoms in total. The van der Waals surface area contributed by atoms with Crippen LogP contribution in [0.1, 0.15) is 66.7 Å². The van der Waals surface area contributed by atoms with Crippen molar-refractivity contribution in [1.29, 1.82) is 0 Å². The van der Waals surface area contributed by atoms with Crippen molar-refractivity contribution < 1.29 is 0 Å². The van der Waals surface area contributed by atoms with Gasteiger partial charge >= 0.3 is 0 Å². The van der Waals surface area contributed by atoms with E-state index < -0.39 is 0 Å². The first kappa shape index (κ1) is 16.0. The van der Waals surface area contributed by atoms with E-state index in [0.29, 0.717) is 5.41 Å². The summed E-state index contributed by atoms with van der Waals surface area (Å²) in [6, 6.07) is 0. The molecule has 0 bridgehead atoms. The number of nitrogens with two attached hydrogens (primary N) is 1. The van der Waals surface area contributed by atoms with Crippen molar-refractivity contribution in [2.45, 2.75) is 72.3 Å². The summed E-state index contributed by atoms with van der Waals surface area (Å²) in [4.78, 5) is 2.71. The summed E-state index contributed by atoms with van der Waals surface area (Å²) >= 11 is 0. The molecule has 2 unspecified atom stereocenters. The topological polar surface area (TPSA) is 29.3 Å². The molecule has 2 atom stereocenters. The van der Waals surface area contributed by atoms with Crippen molar-refractivity contribution in [3.63, 3.8) is 0 Å². The molecule has 0 aromatic heterocycles. The molecule has 0 aromatic rings. The Hall–Kier alpha value is -0.0800. The largest absolute Gasteiger partial charge is 0.329 e. The van der Waals surface area contributed by atoms with Gasteiger partial charge in [0.2, 0.25) is 0 Å². The van der Waals surface area contributed by atoms with Gasteiger partial charge in [-0.25, -0.2) is 0 Å². The summed E-state index contributed by atoms with van der Waals surface area (Å²) in [6.45, 7) is 15.1. The lowest BCUT2D eigenvalue weighted by atomic mass is 9.77. The van der Waals surface area contributed by atoms with E-state index in [0.717, 1.165) is 12.5 Å². The number of hydrogen-bond acceptors (Lipinski definition) is 2. The molecule has 1 heterocycles. The van der Waals surface area contributed by atoms with E-state index >= 15 is 0 Å². The zero-order valence-corrected chi connectivity index (χ0v) is 13.3. The second kappa shape index (κ2) is 6.38. The van der Waals surface area contributed by atoms with Crippen LogP contribution in [0.25, 0.3) is 0 Å². The van der Waals surface area contributed by atoms with Crippen LogP contribution in [0, 0.1) is 11.3 Å². The normalized spacial score (nSPS) is 25.7. The number of nitrogens with zero attached hydrogens (tertiary/aromatic N) is 1. The Morgan fingerprint density at radius 1 is 1.33 bits per heavy atom. The summed E-state index contributed by atoms with van der Waals surface area (Å²) in [7, 11) is 0. The quantitative estimate of drug-likeness (QED) is 0.784. The molecule has 1 fully saturated rings. The van der Waals surface area contributed by atoms with Crippen molar-refractivity contribution in [2.75, 3.05) is 19.6 Å². The van der Waals surface area contributed by atoms with Gasteiger partial charge in [0, 0.05) is 18.6 Å². The summed E-state index contributed by atoms with van der Waals surface area (Å²) in [5.74, 6) is 0.776. The molecule has 2 N–H and O–H groups in total. The fraction of sp³-hybridized carbons (Fsp3) is 1.00. The van der Waals surface area contributed by atoms with Gasteiger partial charge in [0.15, 0.2) is 0 Å². The Morgan fingerprint density at radius 2 is 2.00 bits per heavy atom. The van der Waals surface area contributed by atoms with Crippen molar-refractivity contribution in [3.8, 4) is 0 Å². The predicted octanol–water partition coefficient (Wildman–Crippen LogP) is 3.65. The third kappa shape index (κ3) is 3.71. The van der Waals surface area contributed by atoms with Gasteiger partial charge < -0.3 is 5.73 Å². The molecule has 108 valence electrons. The van der Waals surface area contributed by atoms with E-state index in [-0.39, 0.29) is 5.54 Å². The van der Waals surface area contributed by atoms with Gasteiger partial charge in [0.1, 0.15) is 0 Å². The van der Waals surface area contributed by atoms with Crippen LogP contribution in [0.3, 0.4) is 0 Å². The highest BCUT2D eigenvalue weighted by Crippen LogP contribution is 2.36. The smallest absolute Gasteiger partial charge is 0.0331 e. The molecule has 1 aliphatic heterocycles. The minimum absolute atomic E-state index is 0.243. The lowest BCUT2D eigenvalue weighted by Crippen LogP contribution is -2.58. The zero-order chi connectivity index (χ0) is 13.8. The standard InChI is InChI=1S/C16H34N2/c1-6-14(3)11-16(7-2,12-17)18-10-8-9-15(4,5)13-18/h14H,6-13,17H2,1-5H3. The van der Waals surface area contributed by atoms with E-state index in [1.54, 1.807) is 0 Å². The van der Waals surface area contributed by atoms with E-state index in [1.807, 2.05) is 0 Å². The van der Waals surface area contributed by atoms with Crippen LogP contribution >= 0.6 is 0 Å².